The second-order valence-corrected chi connectivity index (χ2v) is 7.45. The summed E-state index contributed by atoms with van der Waals surface area (Å²) in [5.74, 6) is 0. The maximum absolute atomic E-state index is 12.5. The third-order valence-electron chi connectivity index (χ3n) is 4.04. The number of nitrogens with two attached hydrogens (primary N) is 1. The Labute approximate surface area is 158 Å². The third-order valence-corrected chi connectivity index (χ3v) is 5.04. The van der Waals surface area contributed by atoms with Crippen LogP contribution in [0.2, 0.25) is 0 Å². The zero-order valence-electron chi connectivity index (χ0n) is 14.5. The lowest BCUT2D eigenvalue weighted by Crippen LogP contribution is -2.16. The van der Waals surface area contributed by atoms with Crippen LogP contribution in [0.15, 0.2) is 58.1 Å². The predicted molar refractivity (Wildman–Crippen MR) is 94.3 cm³/mol. The van der Waals surface area contributed by atoms with Crippen molar-refractivity contribution < 1.29 is 30.8 Å². The maximum Gasteiger partial charge on any atom is 0.522 e. The van der Waals surface area contributed by atoms with Crippen molar-refractivity contribution in [1.82, 2.24) is 5.16 Å². The first-order valence-corrected chi connectivity index (χ1v) is 9.48. The smallest absolute Gasteiger partial charge is 0.364 e. The van der Waals surface area contributed by atoms with Gasteiger partial charge in [-0.25, -0.2) is 13.6 Å². The number of aryl methyl sites for hydroxylation is 1. The highest BCUT2D eigenvalue weighted by Gasteiger charge is 2.30. The largest absolute Gasteiger partial charge is 0.522 e. The van der Waals surface area contributed by atoms with Gasteiger partial charge in [-0.1, -0.05) is 41.6 Å². The molecule has 0 saturated carbocycles. The molecule has 2 aromatic carbocycles. The number of aromatic nitrogens is 1. The minimum absolute atomic E-state index is 0.146. The number of ether oxygens (including phenoxy) is 1. The molecule has 3 rings (SSSR count). The molecular formula is C18H15F3N2O4S. The van der Waals surface area contributed by atoms with Gasteiger partial charge in [0.15, 0.2) is 0 Å². The van der Waals surface area contributed by atoms with Crippen molar-refractivity contribution >= 4 is 10.0 Å². The number of nitrogens with zero attached hydrogens (tertiary/aromatic N) is 1. The number of sulfonamides is 1. The van der Waals surface area contributed by atoms with Crippen LogP contribution in [0.1, 0.15) is 11.1 Å². The summed E-state index contributed by atoms with van der Waals surface area (Å²) in [5, 5.41) is 9.25. The normalized spacial score (nSPS) is 12.3. The fourth-order valence-corrected chi connectivity index (χ4v) is 3.95. The second kappa shape index (κ2) is 7.38. The molecule has 0 aliphatic carbocycles. The van der Waals surface area contributed by atoms with Gasteiger partial charge < -0.3 is 4.52 Å². The van der Waals surface area contributed by atoms with E-state index in [0.29, 0.717) is 5.56 Å². The number of alkyl halides is 3. The summed E-state index contributed by atoms with van der Waals surface area (Å²) in [6.45, 7) is 0.887. The van der Waals surface area contributed by atoms with E-state index in [1.807, 2.05) is 0 Å². The zero-order valence-corrected chi connectivity index (χ0v) is 15.3. The highest BCUT2D eigenvalue weighted by molar-refractivity contribution is 7.89. The zero-order chi connectivity index (χ0) is 20.5. The summed E-state index contributed by atoms with van der Waals surface area (Å²) < 4.78 is 71.1. The van der Waals surface area contributed by atoms with Crippen LogP contribution in [0.4, 0.5) is 13.2 Å². The van der Waals surface area contributed by atoms with Gasteiger partial charge in [-0.05, 0) is 23.6 Å². The van der Waals surface area contributed by atoms with Crippen LogP contribution >= 0.6 is 0 Å². The van der Waals surface area contributed by atoms with Crippen LogP contribution < -0.4 is 5.14 Å². The van der Waals surface area contributed by atoms with Gasteiger partial charge in [0.2, 0.25) is 10.0 Å². The van der Waals surface area contributed by atoms with Crippen LogP contribution in [0.25, 0.3) is 22.4 Å². The maximum atomic E-state index is 12.5. The number of rotatable bonds is 5. The first-order chi connectivity index (χ1) is 13.1. The molecule has 6 nitrogen and oxygen atoms in total. The Bertz CT molecular complexity index is 1090. The molecule has 0 aliphatic rings. The highest BCUT2D eigenvalue weighted by atomic mass is 32.2. The Morgan fingerprint density at radius 2 is 1.82 bits per heavy atom. The van der Waals surface area contributed by atoms with Gasteiger partial charge in [-0.15, -0.1) is 13.2 Å². The molecule has 2 N–H and O–H groups in total. The van der Waals surface area contributed by atoms with E-state index in [-0.39, 0.29) is 32.8 Å². The summed E-state index contributed by atoms with van der Waals surface area (Å²) in [7, 11) is -4.27. The van der Waals surface area contributed by atoms with Crippen LogP contribution in [-0.2, 0) is 21.4 Å². The van der Waals surface area contributed by atoms with Crippen LogP contribution in [0.3, 0.4) is 0 Å². The van der Waals surface area contributed by atoms with Crippen LogP contribution in [-0.4, -0.2) is 19.9 Å². The van der Waals surface area contributed by atoms with Gasteiger partial charge in [0.05, 0.1) is 11.5 Å². The number of hydrogen-bond donors (Lipinski definition) is 1. The van der Waals surface area contributed by atoms with E-state index in [2.05, 4.69) is 9.89 Å². The molecule has 1 aromatic heterocycles. The standard InChI is InChI=1S/C18H15F3N2O4S/c1-11-6-7-14(13-5-3-2-4-12(13)10-26-18(19,20)21)17(28(22,24)25)16(11)15-8-9-27-23-15/h2-9H,10H2,1H3,(H2,22,24,25). The summed E-state index contributed by atoms with van der Waals surface area (Å²) >= 11 is 0. The first kappa shape index (κ1) is 20.1. The molecule has 0 saturated heterocycles. The Morgan fingerprint density at radius 1 is 1.11 bits per heavy atom. The van der Waals surface area contributed by atoms with Gasteiger partial charge in [0.25, 0.3) is 0 Å². The molecule has 10 heteroatoms. The molecule has 3 aromatic rings. The molecule has 28 heavy (non-hydrogen) atoms. The Kier molecular flexibility index (Phi) is 5.28. The van der Waals surface area contributed by atoms with Crippen molar-refractivity contribution in [3.8, 4) is 22.4 Å². The fourth-order valence-electron chi connectivity index (χ4n) is 2.92. The molecule has 0 radical (unpaired) electrons. The molecule has 1 heterocycles. The fraction of sp³-hybridized carbons (Fsp3) is 0.167. The quantitative estimate of drug-likeness (QED) is 0.683. The van der Waals surface area contributed by atoms with E-state index in [1.165, 1.54) is 36.6 Å². The van der Waals surface area contributed by atoms with Gasteiger partial charge in [-0.2, -0.15) is 0 Å². The Morgan fingerprint density at radius 3 is 2.43 bits per heavy atom. The number of halogens is 3. The lowest BCUT2D eigenvalue weighted by atomic mass is 9.95. The lowest BCUT2D eigenvalue weighted by Gasteiger charge is -2.17. The summed E-state index contributed by atoms with van der Waals surface area (Å²) in [4.78, 5) is -0.249. The molecule has 0 bridgehead atoms. The molecule has 0 fully saturated rings. The van der Waals surface area contributed by atoms with Crippen molar-refractivity contribution in [2.45, 2.75) is 24.8 Å². The van der Waals surface area contributed by atoms with Crippen molar-refractivity contribution in [2.75, 3.05) is 0 Å². The minimum Gasteiger partial charge on any atom is -0.364 e. The average molecular weight is 412 g/mol. The van der Waals surface area contributed by atoms with E-state index >= 15 is 0 Å². The second-order valence-electron chi connectivity index (χ2n) is 5.96. The van der Waals surface area contributed by atoms with Crippen LogP contribution in [0.5, 0.6) is 0 Å². The summed E-state index contributed by atoms with van der Waals surface area (Å²) in [5.41, 5.74) is 1.58. The summed E-state index contributed by atoms with van der Waals surface area (Å²) in [6, 6.07) is 10.6. The predicted octanol–water partition coefficient (Wildman–Crippen LogP) is 4.00. The molecule has 148 valence electrons. The van der Waals surface area contributed by atoms with Gasteiger partial charge in [0.1, 0.15) is 12.0 Å². The van der Waals surface area contributed by atoms with E-state index < -0.39 is 23.0 Å². The topological polar surface area (TPSA) is 95.4 Å². The molecular weight excluding hydrogens is 397 g/mol. The van der Waals surface area contributed by atoms with Crippen LogP contribution in [0, 0.1) is 6.92 Å². The molecule has 0 amide bonds. The Balaban J connectivity index is 2.26. The van der Waals surface area contributed by atoms with Crippen molar-refractivity contribution in [3.63, 3.8) is 0 Å². The minimum atomic E-state index is -4.82. The number of primary sulfonamides is 1. The van der Waals surface area contributed by atoms with Crippen molar-refractivity contribution in [2.24, 2.45) is 5.14 Å². The molecule has 0 unspecified atom stereocenters. The van der Waals surface area contributed by atoms with E-state index in [0.717, 1.165) is 0 Å². The average Bonchev–Trinajstić information content (AvgIpc) is 3.13. The highest BCUT2D eigenvalue weighted by Crippen LogP contribution is 2.38. The SMILES string of the molecule is Cc1ccc(-c2ccccc2COC(F)(F)F)c(S(N)(=O)=O)c1-c1ccon1. The number of hydrogen-bond acceptors (Lipinski definition) is 5. The molecule has 0 atom stereocenters. The molecule has 0 aliphatic heterocycles. The van der Waals surface area contributed by atoms with Crippen molar-refractivity contribution in [1.29, 1.82) is 0 Å². The van der Waals surface area contributed by atoms with E-state index in [9.17, 15) is 21.6 Å². The van der Waals surface area contributed by atoms with E-state index in [4.69, 9.17) is 9.66 Å². The summed E-state index contributed by atoms with van der Waals surface area (Å²) in [6.07, 6.45) is -3.55. The van der Waals surface area contributed by atoms with E-state index in [1.54, 1.807) is 19.1 Å². The third kappa shape index (κ3) is 4.24. The Hall–Kier alpha value is -2.69. The lowest BCUT2D eigenvalue weighted by molar-refractivity contribution is -0.330. The molecule has 0 spiro atoms. The first-order valence-electron chi connectivity index (χ1n) is 7.94. The van der Waals surface area contributed by atoms with Crippen molar-refractivity contribution in [3.05, 3.63) is 59.9 Å². The van der Waals surface area contributed by atoms with Gasteiger partial charge in [-0.3, -0.25) is 4.74 Å². The number of benzene rings is 2. The van der Waals surface area contributed by atoms with Gasteiger partial charge >= 0.3 is 6.36 Å². The van der Waals surface area contributed by atoms with Gasteiger partial charge in [0, 0.05) is 17.2 Å². The monoisotopic (exact) mass is 412 g/mol.